The second kappa shape index (κ2) is 6.39. The van der Waals surface area contributed by atoms with E-state index in [0.29, 0.717) is 31.2 Å². The fourth-order valence-electron chi connectivity index (χ4n) is 3.22. The van der Waals surface area contributed by atoms with Crippen molar-refractivity contribution in [2.75, 3.05) is 25.4 Å². The van der Waals surface area contributed by atoms with Gasteiger partial charge < -0.3 is 15.4 Å². The van der Waals surface area contributed by atoms with Crippen LogP contribution in [0.3, 0.4) is 0 Å². The highest BCUT2D eigenvalue weighted by molar-refractivity contribution is 5.79. The lowest BCUT2D eigenvalue weighted by atomic mass is 9.85. The van der Waals surface area contributed by atoms with Crippen molar-refractivity contribution in [3.63, 3.8) is 0 Å². The Labute approximate surface area is 133 Å². The Bertz CT molecular complexity index is 572. The Kier molecular flexibility index (Phi) is 4.48. The second-order valence-electron chi connectivity index (χ2n) is 6.26. The van der Waals surface area contributed by atoms with Crippen molar-refractivity contribution in [3.05, 3.63) is 23.9 Å². The molecule has 1 unspecified atom stereocenters. The van der Waals surface area contributed by atoms with Crippen molar-refractivity contribution in [2.24, 2.45) is 5.92 Å². The minimum Gasteiger partial charge on any atom is -0.384 e. The number of ether oxygens (including phenoxy) is 1. The number of anilines is 1. The summed E-state index contributed by atoms with van der Waals surface area (Å²) in [6.45, 7) is 1.29. The predicted octanol–water partition coefficient (Wildman–Crippen LogP) is 2.39. The summed E-state index contributed by atoms with van der Waals surface area (Å²) >= 11 is 0. The molecule has 3 rings (SSSR count). The summed E-state index contributed by atoms with van der Waals surface area (Å²) in [6.07, 6.45) is -0.210. The van der Waals surface area contributed by atoms with E-state index < -0.39 is 5.92 Å². The van der Waals surface area contributed by atoms with Gasteiger partial charge in [-0.3, -0.25) is 4.79 Å². The van der Waals surface area contributed by atoms with E-state index >= 15 is 0 Å². The normalized spacial score (nSPS) is 25.3. The highest BCUT2D eigenvalue weighted by atomic mass is 19.3. The molecule has 5 nitrogen and oxygen atoms in total. The largest absolute Gasteiger partial charge is 0.384 e. The van der Waals surface area contributed by atoms with E-state index in [2.05, 4.69) is 4.98 Å². The Hall–Kier alpha value is -1.76. The van der Waals surface area contributed by atoms with Gasteiger partial charge in [-0.2, -0.15) is 0 Å². The number of aromatic nitrogens is 1. The van der Waals surface area contributed by atoms with E-state index in [9.17, 15) is 13.6 Å². The highest BCUT2D eigenvalue weighted by Crippen LogP contribution is 2.37. The van der Waals surface area contributed by atoms with Crippen LogP contribution >= 0.6 is 0 Å². The molecule has 126 valence electrons. The van der Waals surface area contributed by atoms with E-state index in [1.807, 2.05) is 6.07 Å². The number of rotatable bonds is 2. The number of pyridine rings is 1. The maximum Gasteiger partial charge on any atom is 0.248 e. The fraction of sp³-hybridized carbons (Fsp3) is 0.625. The van der Waals surface area contributed by atoms with E-state index in [0.717, 1.165) is 0 Å². The van der Waals surface area contributed by atoms with Crippen LogP contribution in [0.4, 0.5) is 14.6 Å². The zero-order valence-corrected chi connectivity index (χ0v) is 12.9. The van der Waals surface area contributed by atoms with Crippen LogP contribution in [-0.4, -0.2) is 41.4 Å². The third-order valence-corrected chi connectivity index (χ3v) is 4.57. The van der Waals surface area contributed by atoms with Crippen molar-refractivity contribution in [2.45, 2.75) is 37.7 Å². The average molecular weight is 325 g/mol. The van der Waals surface area contributed by atoms with Gasteiger partial charge in [0.25, 0.3) is 0 Å². The quantitative estimate of drug-likeness (QED) is 0.906. The lowest BCUT2D eigenvalue weighted by Gasteiger charge is -2.36. The van der Waals surface area contributed by atoms with Crippen molar-refractivity contribution in [1.29, 1.82) is 0 Å². The lowest BCUT2D eigenvalue weighted by molar-refractivity contribution is -0.147. The molecule has 0 bridgehead atoms. The first kappa shape index (κ1) is 16.1. The number of hydrogen-bond donors (Lipinski definition) is 1. The first-order chi connectivity index (χ1) is 10.9. The molecule has 2 heterocycles. The van der Waals surface area contributed by atoms with Crippen molar-refractivity contribution in [3.8, 4) is 0 Å². The number of amides is 1. The zero-order chi connectivity index (χ0) is 16.4. The Morgan fingerprint density at radius 2 is 2.09 bits per heavy atom. The van der Waals surface area contributed by atoms with Crippen LogP contribution in [0.5, 0.6) is 0 Å². The summed E-state index contributed by atoms with van der Waals surface area (Å²) in [5.41, 5.74) is 6.38. The average Bonchev–Trinajstić information content (AvgIpc) is 2.54. The van der Waals surface area contributed by atoms with Gasteiger partial charge in [0, 0.05) is 25.3 Å². The first-order valence-corrected chi connectivity index (χ1v) is 7.95. The van der Waals surface area contributed by atoms with Crippen molar-refractivity contribution in [1.82, 2.24) is 9.88 Å². The maximum atomic E-state index is 13.2. The van der Waals surface area contributed by atoms with Crippen LogP contribution in [0.15, 0.2) is 18.2 Å². The van der Waals surface area contributed by atoms with Gasteiger partial charge >= 0.3 is 0 Å². The van der Waals surface area contributed by atoms with E-state index in [4.69, 9.17) is 10.5 Å². The molecule has 7 heteroatoms. The first-order valence-electron chi connectivity index (χ1n) is 7.95. The van der Waals surface area contributed by atoms with Gasteiger partial charge in [-0.25, -0.2) is 13.8 Å². The zero-order valence-electron chi connectivity index (χ0n) is 12.9. The highest BCUT2D eigenvalue weighted by Gasteiger charge is 2.39. The van der Waals surface area contributed by atoms with Gasteiger partial charge in [-0.15, -0.1) is 0 Å². The number of alkyl halides is 2. The van der Waals surface area contributed by atoms with Crippen LogP contribution in [0.2, 0.25) is 0 Å². The molecule has 1 aliphatic carbocycles. The summed E-state index contributed by atoms with van der Waals surface area (Å²) in [6, 6.07) is 5.30. The number of nitrogen functional groups attached to an aromatic ring is 1. The third kappa shape index (κ3) is 3.77. The van der Waals surface area contributed by atoms with E-state index in [1.165, 1.54) is 0 Å². The molecule has 2 N–H and O–H groups in total. The minimum atomic E-state index is -2.62. The van der Waals surface area contributed by atoms with Gasteiger partial charge in [-0.1, -0.05) is 6.07 Å². The van der Waals surface area contributed by atoms with Gasteiger partial charge in [0.2, 0.25) is 11.8 Å². The SMILES string of the molecule is Nc1cccc(C2CN(C(=O)C3CCC(F)(F)CC3)CCO2)n1. The molecule has 1 aromatic rings. The molecule has 1 atom stereocenters. The molecule has 0 radical (unpaired) electrons. The van der Waals surface area contributed by atoms with Crippen molar-refractivity contribution < 1.29 is 18.3 Å². The Morgan fingerprint density at radius 1 is 1.35 bits per heavy atom. The smallest absolute Gasteiger partial charge is 0.248 e. The molecule has 23 heavy (non-hydrogen) atoms. The number of morpholine rings is 1. The third-order valence-electron chi connectivity index (χ3n) is 4.57. The number of nitrogens with two attached hydrogens (primary N) is 1. The van der Waals surface area contributed by atoms with Gasteiger partial charge in [0.15, 0.2) is 0 Å². The van der Waals surface area contributed by atoms with E-state index in [-0.39, 0.29) is 43.6 Å². The number of nitrogens with zero attached hydrogens (tertiary/aromatic N) is 2. The lowest BCUT2D eigenvalue weighted by Crippen LogP contribution is -2.46. The number of halogens is 2. The Balaban J connectivity index is 1.63. The van der Waals surface area contributed by atoms with Crippen molar-refractivity contribution >= 4 is 11.7 Å². The summed E-state index contributed by atoms with van der Waals surface area (Å²) in [7, 11) is 0. The molecule has 1 saturated carbocycles. The summed E-state index contributed by atoms with van der Waals surface area (Å²) in [4.78, 5) is 18.5. The molecule has 1 amide bonds. The van der Waals surface area contributed by atoms with E-state index in [1.54, 1.807) is 17.0 Å². The molecular formula is C16H21F2N3O2. The summed E-state index contributed by atoms with van der Waals surface area (Å²) in [5.74, 6) is -2.56. The predicted molar refractivity (Wildman–Crippen MR) is 80.8 cm³/mol. The minimum absolute atomic E-state index is 0.0438. The summed E-state index contributed by atoms with van der Waals surface area (Å²) < 4.78 is 32.2. The molecule has 2 aliphatic rings. The second-order valence-corrected chi connectivity index (χ2v) is 6.26. The number of carbonyl (C=O) groups excluding carboxylic acids is 1. The molecule has 1 aliphatic heterocycles. The van der Waals surface area contributed by atoms with Gasteiger partial charge in [0.1, 0.15) is 11.9 Å². The summed E-state index contributed by atoms with van der Waals surface area (Å²) in [5, 5.41) is 0. The van der Waals surface area contributed by atoms with Gasteiger partial charge in [-0.05, 0) is 25.0 Å². The molecular weight excluding hydrogens is 304 g/mol. The number of hydrogen-bond acceptors (Lipinski definition) is 4. The molecule has 0 spiro atoms. The molecule has 1 aromatic heterocycles. The van der Waals surface area contributed by atoms with Crippen LogP contribution in [-0.2, 0) is 9.53 Å². The topological polar surface area (TPSA) is 68.5 Å². The molecule has 1 saturated heterocycles. The van der Waals surface area contributed by atoms with Crippen LogP contribution in [0, 0.1) is 5.92 Å². The molecule has 0 aromatic carbocycles. The van der Waals surface area contributed by atoms with Crippen LogP contribution in [0.25, 0.3) is 0 Å². The van der Waals surface area contributed by atoms with Gasteiger partial charge in [0.05, 0.1) is 18.8 Å². The fourth-order valence-corrected chi connectivity index (χ4v) is 3.22. The van der Waals surface area contributed by atoms with Crippen LogP contribution in [0.1, 0.15) is 37.5 Å². The maximum absolute atomic E-state index is 13.2. The number of carbonyl (C=O) groups is 1. The monoisotopic (exact) mass is 325 g/mol. The standard InChI is InChI=1S/C16H21F2N3O2/c17-16(18)6-4-11(5-7-16)15(22)21-8-9-23-13(10-21)12-2-1-3-14(19)20-12/h1-3,11,13H,4-10H2,(H2,19,20). The van der Waals surface area contributed by atoms with Crippen LogP contribution < -0.4 is 5.73 Å². The molecule has 2 fully saturated rings. The Morgan fingerprint density at radius 3 is 2.78 bits per heavy atom.